The number of anilines is 1. The van der Waals surface area contributed by atoms with Gasteiger partial charge in [0.25, 0.3) is 0 Å². The standard InChI is InChI=1S/C15H21FN2O3/c1-9(15(2,3)4)18(5)14(21)17-12-7-6-10(16)8-11(12)13(19)20/h6-9H,1-5H3,(H,17,21)(H,19,20). The number of halogens is 1. The zero-order valence-corrected chi connectivity index (χ0v) is 12.9. The topological polar surface area (TPSA) is 69.6 Å². The van der Waals surface area contributed by atoms with Crippen LogP contribution in [-0.2, 0) is 0 Å². The van der Waals surface area contributed by atoms with E-state index in [1.165, 1.54) is 11.0 Å². The number of amides is 2. The van der Waals surface area contributed by atoms with E-state index in [0.29, 0.717) is 0 Å². The Labute approximate surface area is 123 Å². The fourth-order valence-electron chi connectivity index (χ4n) is 1.76. The molecule has 1 atom stereocenters. The number of hydrogen-bond donors (Lipinski definition) is 2. The second kappa shape index (κ2) is 6.11. The van der Waals surface area contributed by atoms with Gasteiger partial charge in [-0.2, -0.15) is 0 Å². The maximum absolute atomic E-state index is 13.1. The Kier molecular flexibility index (Phi) is 4.93. The summed E-state index contributed by atoms with van der Waals surface area (Å²) in [5.41, 5.74) is -0.327. The Hall–Kier alpha value is -2.11. The van der Waals surface area contributed by atoms with Gasteiger partial charge in [-0.15, -0.1) is 0 Å². The highest BCUT2D eigenvalue weighted by molar-refractivity contribution is 6.00. The molecular formula is C15H21FN2O3. The third-order valence-corrected chi connectivity index (χ3v) is 3.61. The van der Waals surface area contributed by atoms with Gasteiger partial charge in [-0.05, 0) is 30.5 Å². The highest BCUT2D eigenvalue weighted by Crippen LogP contribution is 2.24. The average Bonchev–Trinajstić information content (AvgIpc) is 2.37. The molecule has 0 spiro atoms. The van der Waals surface area contributed by atoms with Crippen molar-refractivity contribution in [1.29, 1.82) is 0 Å². The van der Waals surface area contributed by atoms with Crippen LogP contribution in [0.5, 0.6) is 0 Å². The van der Waals surface area contributed by atoms with E-state index in [1.54, 1.807) is 7.05 Å². The highest BCUT2D eigenvalue weighted by atomic mass is 19.1. The van der Waals surface area contributed by atoms with Crippen molar-refractivity contribution in [2.45, 2.75) is 33.7 Å². The Morgan fingerprint density at radius 2 is 1.90 bits per heavy atom. The van der Waals surface area contributed by atoms with Gasteiger partial charge in [-0.1, -0.05) is 20.8 Å². The molecule has 0 aliphatic rings. The molecule has 2 N–H and O–H groups in total. The number of nitrogens with zero attached hydrogens (tertiary/aromatic N) is 1. The molecule has 0 saturated heterocycles. The maximum atomic E-state index is 13.1. The molecule has 1 aromatic rings. The Morgan fingerprint density at radius 1 is 1.33 bits per heavy atom. The predicted octanol–water partition coefficient (Wildman–Crippen LogP) is 3.42. The second-order valence-corrected chi connectivity index (χ2v) is 6.08. The van der Waals surface area contributed by atoms with Gasteiger partial charge in [-0.3, -0.25) is 0 Å². The van der Waals surface area contributed by atoms with Crippen molar-refractivity contribution in [3.05, 3.63) is 29.6 Å². The lowest BCUT2D eigenvalue weighted by Crippen LogP contribution is -2.45. The van der Waals surface area contributed by atoms with E-state index in [2.05, 4.69) is 5.32 Å². The Bertz CT molecular complexity index is 552. The monoisotopic (exact) mass is 296 g/mol. The number of carboxylic acids is 1. The lowest BCUT2D eigenvalue weighted by Gasteiger charge is -2.35. The van der Waals surface area contributed by atoms with Crippen molar-refractivity contribution in [2.24, 2.45) is 5.41 Å². The van der Waals surface area contributed by atoms with E-state index in [0.717, 1.165) is 12.1 Å². The van der Waals surface area contributed by atoms with Crippen LogP contribution in [0.15, 0.2) is 18.2 Å². The summed E-state index contributed by atoms with van der Waals surface area (Å²) in [5, 5.41) is 11.6. The van der Waals surface area contributed by atoms with E-state index in [1.807, 2.05) is 27.7 Å². The molecule has 0 radical (unpaired) electrons. The van der Waals surface area contributed by atoms with Crippen molar-refractivity contribution in [1.82, 2.24) is 4.90 Å². The fourth-order valence-corrected chi connectivity index (χ4v) is 1.76. The van der Waals surface area contributed by atoms with Crippen LogP contribution in [0, 0.1) is 11.2 Å². The quantitative estimate of drug-likeness (QED) is 0.898. The van der Waals surface area contributed by atoms with Crippen molar-refractivity contribution >= 4 is 17.7 Å². The molecule has 116 valence electrons. The lowest BCUT2D eigenvalue weighted by molar-refractivity contribution is 0.0697. The zero-order chi connectivity index (χ0) is 16.4. The van der Waals surface area contributed by atoms with Gasteiger partial charge in [0.15, 0.2) is 0 Å². The minimum atomic E-state index is -1.30. The molecule has 0 aliphatic carbocycles. The summed E-state index contributed by atoms with van der Waals surface area (Å²) in [5.74, 6) is -1.96. The summed E-state index contributed by atoms with van der Waals surface area (Å²) in [6, 6.07) is 2.73. The van der Waals surface area contributed by atoms with Gasteiger partial charge in [0.2, 0.25) is 0 Å². The van der Waals surface area contributed by atoms with E-state index in [9.17, 15) is 14.0 Å². The first-order chi connectivity index (χ1) is 9.54. The summed E-state index contributed by atoms with van der Waals surface area (Å²) < 4.78 is 13.1. The van der Waals surface area contributed by atoms with Crippen LogP contribution in [0.1, 0.15) is 38.1 Å². The van der Waals surface area contributed by atoms with Crippen molar-refractivity contribution in [3.63, 3.8) is 0 Å². The van der Waals surface area contributed by atoms with Crippen LogP contribution in [0.25, 0.3) is 0 Å². The van der Waals surface area contributed by atoms with Crippen LogP contribution in [-0.4, -0.2) is 35.1 Å². The first kappa shape index (κ1) is 16.9. The summed E-state index contributed by atoms with van der Waals surface area (Å²) in [4.78, 5) is 24.8. The first-order valence-corrected chi connectivity index (χ1v) is 6.60. The predicted molar refractivity (Wildman–Crippen MR) is 79.1 cm³/mol. The van der Waals surface area contributed by atoms with Gasteiger partial charge >= 0.3 is 12.0 Å². The molecule has 0 aliphatic heterocycles. The number of hydrogen-bond acceptors (Lipinski definition) is 2. The van der Waals surface area contributed by atoms with Crippen molar-refractivity contribution < 1.29 is 19.1 Å². The minimum absolute atomic E-state index is 0.0637. The van der Waals surface area contributed by atoms with Crippen LogP contribution in [0.2, 0.25) is 0 Å². The third-order valence-electron chi connectivity index (χ3n) is 3.61. The molecule has 21 heavy (non-hydrogen) atoms. The molecule has 0 saturated carbocycles. The van der Waals surface area contributed by atoms with Gasteiger partial charge in [0.05, 0.1) is 11.3 Å². The van der Waals surface area contributed by atoms with E-state index < -0.39 is 17.8 Å². The van der Waals surface area contributed by atoms with Crippen LogP contribution < -0.4 is 5.32 Å². The molecule has 0 aromatic heterocycles. The van der Waals surface area contributed by atoms with Crippen molar-refractivity contribution in [3.8, 4) is 0 Å². The molecular weight excluding hydrogens is 275 g/mol. The number of rotatable bonds is 3. The molecule has 6 heteroatoms. The third kappa shape index (κ3) is 4.18. The van der Waals surface area contributed by atoms with Crippen molar-refractivity contribution in [2.75, 3.05) is 12.4 Å². The Balaban J connectivity index is 2.96. The molecule has 0 heterocycles. The zero-order valence-electron chi connectivity index (χ0n) is 12.9. The number of benzene rings is 1. The summed E-state index contributed by atoms with van der Waals surface area (Å²) >= 11 is 0. The van der Waals surface area contributed by atoms with E-state index in [4.69, 9.17) is 5.11 Å². The molecule has 1 unspecified atom stereocenters. The highest BCUT2D eigenvalue weighted by Gasteiger charge is 2.27. The van der Waals surface area contributed by atoms with Gasteiger partial charge in [0, 0.05) is 13.1 Å². The summed E-state index contributed by atoms with van der Waals surface area (Å²) in [6.45, 7) is 7.91. The van der Waals surface area contributed by atoms with E-state index >= 15 is 0 Å². The molecule has 1 aromatic carbocycles. The molecule has 5 nitrogen and oxygen atoms in total. The number of carboxylic acid groups (broad SMARTS) is 1. The van der Waals surface area contributed by atoms with Crippen LogP contribution >= 0.6 is 0 Å². The lowest BCUT2D eigenvalue weighted by atomic mass is 9.87. The van der Waals surface area contributed by atoms with Crippen LogP contribution in [0.4, 0.5) is 14.9 Å². The Morgan fingerprint density at radius 3 is 2.38 bits per heavy atom. The second-order valence-electron chi connectivity index (χ2n) is 6.08. The largest absolute Gasteiger partial charge is 0.478 e. The minimum Gasteiger partial charge on any atom is -0.478 e. The summed E-state index contributed by atoms with van der Waals surface area (Å²) in [7, 11) is 1.63. The fraction of sp³-hybridized carbons (Fsp3) is 0.467. The van der Waals surface area contributed by atoms with Crippen LogP contribution in [0.3, 0.4) is 0 Å². The number of carbonyl (C=O) groups excluding carboxylic acids is 1. The molecule has 0 bridgehead atoms. The SMILES string of the molecule is CC(N(C)C(=O)Nc1ccc(F)cc1C(=O)O)C(C)(C)C. The maximum Gasteiger partial charge on any atom is 0.337 e. The normalized spacial score (nSPS) is 12.7. The summed E-state index contributed by atoms with van der Waals surface area (Å²) in [6.07, 6.45) is 0. The molecule has 2 amide bonds. The first-order valence-electron chi connectivity index (χ1n) is 6.60. The number of nitrogens with one attached hydrogen (secondary N) is 1. The van der Waals surface area contributed by atoms with Gasteiger partial charge < -0.3 is 15.3 Å². The smallest absolute Gasteiger partial charge is 0.337 e. The van der Waals surface area contributed by atoms with Gasteiger partial charge in [0.1, 0.15) is 5.82 Å². The molecule has 1 rings (SSSR count). The number of carbonyl (C=O) groups is 2. The van der Waals surface area contributed by atoms with E-state index in [-0.39, 0.29) is 22.7 Å². The molecule has 0 fully saturated rings. The number of urea groups is 1. The average molecular weight is 296 g/mol. The number of aromatic carboxylic acids is 1. The van der Waals surface area contributed by atoms with Gasteiger partial charge in [-0.25, -0.2) is 14.0 Å².